The van der Waals surface area contributed by atoms with Gasteiger partial charge in [-0.2, -0.15) is 0 Å². The highest BCUT2D eigenvalue weighted by Gasteiger charge is 2.45. The molecule has 7 heteroatoms. The molecular weight excluding hydrogens is 292 g/mol. The SMILES string of the molecule is CCCCCCCC(=O)O[C@@H]1[C@@H](O)[C@H](O)[C@@H](COC)O[C@@H]1O. The van der Waals surface area contributed by atoms with Crippen LogP contribution in [0.25, 0.3) is 0 Å². The van der Waals surface area contributed by atoms with Crippen LogP contribution in [0.5, 0.6) is 0 Å². The van der Waals surface area contributed by atoms with E-state index in [1.54, 1.807) is 0 Å². The van der Waals surface area contributed by atoms with Gasteiger partial charge in [0.05, 0.1) is 6.61 Å². The first kappa shape index (κ1) is 19.3. The van der Waals surface area contributed by atoms with Gasteiger partial charge in [0.15, 0.2) is 12.4 Å². The second kappa shape index (κ2) is 10.1. The maximum absolute atomic E-state index is 11.7. The van der Waals surface area contributed by atoms with Crippen LogP contribution in [-0.4, -0.2) is 65.7 Å². The maximum Gasteiger partial charge on any atom is 0.306 e. The second-order valence-corrected chi connectivity index (χ2v) is 5.62. The molecule has 1 aliphatic rings. The third kappa shape index (κ3) is 5.81. The van der Waals surface area contributed by atoms with E-state index in [0.717, 1.165) is 25.7 Å². The number of rotatable bonds is 9. The average Bonchev–Trinajstić information content (AvgIpc) is 2.49. The average molecular weight is 320 g/mol. The number of hydrogen-bond acceptors (Lipinski definition) is 7. The molecule has 0 aromatic heterocycles. The van der Waals surface area contributed by atoms with Crippen molar-refractivity contribution in [3.8, 4) is 0 Å². The van der Waals surface area contributed by atoms with Crippen LogP contribution in [0.15, 0.2) is 0 Å². The molecule has 0 aliphatic carbocycles. The molecule has 7 nitrogen and oxygen atoms in total. The summed E-state index contributed by atoms with van der Waals surface area (Å²) in [5, 5.41) is 29.7. The van der Waals surface area contributed by atoms with E-state index in [-0.39, 0.29) is 13.0 Å². The van der Waals surface area contributed by atoms with Gasteiger partial charge in [0.2, 0.25) is 0 Å². The summed E-state index contributed by atoms with van der Waals surface area (Å²) in [5.74, 6) is -0.513. The summed E-state index contributed by atoms with van der Waals surface area (Å²) in [4.78, 5) is 11.7. The van der Waals surface area contributed by atoms with Gasteiger partial charge in [-0.15, -0.1) is 0 Å². The Morgan fingerprint density at radius 2 is 1.77 bits per heavy atom. The van der Waals surface area contributed by atoms with Crippen molar-refractivity contribution >= 4 is 5.97 Å². The molecule has 22 heavy (non-hydrogen) atoms. The summed E-state index contributed by atoms with van der Waals surface area (Å²) >= 11 is 0. The lowest BCUT2D eigenvalue weighted by Gasteiger charge is -2.39. The summed E-state index contributed by atoms with van der Waals surface area (Å²) in [6, 6.07) is 0. The molecule has 1 heterocycles. The third-order valence-electron chi connectivity index (χ3n) is 3.75. The Morgan fingerprint density at radius 1 is 1.09 bits per heavy atom. The minimum absolute atomic E-state index is 0.0212. The zero-order valence-corrected chi connectivity index (χ0v) is 13.3. The molecule has 5 atom stereocenters. The number of carbonyl (C=O) groups excluding carboxylic acids is 1. The van der Waals surface area contributed by atoms with E-state index in [9.17, 15) is 20.1 Å². The fourth-order valence-electron chi connectivity index (χ4n) is 2.43. The van der Waals surface area contributed by atoms with Gasteiger partial charge in [-0.25, -0.2) is 0 Å². The Kier molecular flexibility index (Phi) is 8.89. The number of esters is 1. The van der Waals surface area contributed by atoms with Crippen molar-refractivity contribution < 1.29 is 34.3 Å². The van der Waals surface area contributed by atoms with E-state index in [1.165, 1.54) is 7.11 Å². The van der Waals surface area contributed by atoms with Crippen molar-refractivity contribution in [3.63, 3.8) is 0 Å². The predicted octanol–water partition coefficient (Wildman–Crippen LogP) is 0.344. The summed E-state index contributed by atoms with van der Waals surface area (Å²) in [5.41, 5.74) is 0. The maximum atomic E-state index is 11.7. The summed E-state index contributed by atoms with van der Waals surface area (Å²) in [6.45, 7) is 2.13. The fraction of sp³-hybridized carbons (Fsp3) is 0.933. The first-order valence-electron chi connectivity index (χ1n) is 7.89. The molecule has 1 saturated heterocycles. The van der Waals surface area contributed by atoms with E-state index in [4.69, 9.17) is 14.2 Å². The van der Waals surface area contributed by atoms with E-state index in [1.807, 2.05) is 0 Å². The number of unbranched alkanes of at least 4 members (excludes halogenated alkanes) is 4. The molecular formula is C15H28O7. The minimum Gasteiger partial charge on any atom is -0.454 e. The highest BCUT2D eigenvalue weighted by molar-refractivity contribution is 5.69. The number of carbonyl (C=O) groups is 1. The number of ether oxygens (including phenoxy) is 3. The van der Waals surface area contributed by atoms with Crippen molar-refractivity contribution in [3.05, 3.63) is 0 Å². The van der Waals surface area contributed by atoms with Gasteiger partial charge in [0, 0.05) is 13.5 Å². The van der Waals surface area contributed by atoms with Crippen LogP contribution in [0.4, 0.5) is 0 Å². The van der Waals surface area contributed by atoms with Gasteiger partial charge in [-0.05, 0) is 6.42 Å². The predicted molar refractivity (Wildman–Crippen MR) is 78.0 cm³/mol. The van der Waals surface area contributed by atoms with Gasteiger partial charge in [-0.3, -0.25) is 4.79 Å². The molecule has 0 aromatic rings. The molecule has 0 saturated carbocycles. The van der Waals surface area contributed by atoms with E-state index in [2.05, 4.69) is 6.92 Å². The Bertz CT molecular complexity index is 323. The van der Waals surface area contributed by atoms with Crippen molar-refractivity contribution in [1.29, 1.82) is 0 Å². The van der Waals surface area contributed by atoms with Crippen LogP contribution in [0.1, 0.15) is 45.4 Å². The van der Waals surface area contributed by atoms with Crippen LogP contribution < -0.4 is 0 Å². The Balaban J connectivity index is 2.39. The molecule has 130 valence electrons. The molecule has 1 aliphatic heterocycles. The molecule has 0 bridgehead atoms. The van der Waals surface area contributed by atoms with Gasteiger partial charge < -0.3 is 29.5 Å². The lowest BCUT2D eigenvalue weighted by Crippen LogP contribution is -2.59. The van der Waals surface area contributed by atoms with Gasteiger partial charge in [0.1, 0.15) is 18.3 Å². The zero-order valence-electron chi connectivity index (χ0n) is 13.3. The van der Waals surface area contributed by atoms with Crippen molar-refractivity contribution in [1.82, 2.24) is 0 Å². The molecule has 1 rings (SSSR count). The van der Waals surface area contributed by atoms with Crippen molar-refractivity contribution in [2.24, 2.45) is 0 Å². The molecule has 0 aromatic carbocycles. The number of aliphatic hydroxyl groups excluding tert-OH is 3. The van der Waals surface area contributed by atoms with Crippen LogP contribution >= 0.6 is 0 Å². The summed E-state index contributed by atoms with van der Waals surface area (Å²) < 4.78 is 15.0. The van der Waals surface area contributed by atoms with Crippen molar-refractivity contribution in [2.45, 2.75) is 76.2 Å². The highest BCUT2D eigenvalue weighted by atomic mass is 16.7. The van der Waals surface area contributed by atoms with Crippen LogP contribution in [0.3, 0.4) is 0 Å². The standard InChI is InChI=1S/C15H28O7/c1-3-4-5-6-7-8-11(16)22-14-13(18)12(17)10(9-20-2)21-15(14)19/h10,12-15,17-19H,3-9H2,1-2H3/t10-,12-,13+,14-,15+/m1/s1. The lowest BCUT2D eigenvalue weighted by molar-refractivity contribution is -0.291. The van der Waals surface area contributed by atoms with Gasteiger partial charge in [0.25, 0.3) is 0 Å². The summed E-state index contributed by atoms with van der Waals surface area (Å²) in [6.07, 6.45) is -1.14. The van der Waals surface area contributed by atoms with Crippen LogP contribution in [0, 0.1) is 0 Å². The highest BCUT2D eigenvalue weighted by Crippen LogP contribution is 2.23. The van der Waals surface area contributed by atoms with Crippen molar-refractivity contribution in [2.75, 3.05) is 13.7 Å². The topological polar surface area (TPSA) is 105 Å². The molecule has 0 unspecified atom stereocenters. The van der Waals surface area contributed by atoms with Gasteiger partial charge >= 0.3 is 5.97 Å². The zero-order chi connectivity index (χ0) is 16.5. The molecule has 3 N–H and O–H groups in total. The minimum atomic E-state index is -1.48. The summed E-state index contributed by atoms with van der Waals surface area (Å²) in [7, 11) is 1.42. The lowest BCUT2D eigenvalue weighted by atomic mass is 9.99. The smallest absolute Gasteiger partial charge is 0.306 e. The second-order valence-electron chi connectivity index (χ2n) is 5.62. The molecule has 0 amide bonds. The first-order valence-corrected chi connectivity index (χ1v) is 7.89. The first-order chi connectivity index (χ1) is 10.5. The molecule has 1 fully saturated rings. The monoisotopic (exact) mass is 320 g/mol. The number of methoxy groups -OCH3 is 1. The van der Waals surface area contributed by atoms with E-state index >= 15 is 0 Å². The quantitative estimate of drug-likeness (QED) is 0.415. The third-order valence-corrected chi connectivity index (χ3v) is 3.75. The number of aliphatic hydroxyl groups is 3. The van der Waals surface area contributed by atoms with E-state index < -0.39 is 36.7 Å². The Morgan fingerprint density at radius 3 is 2.41 bits per heavy atom. The molecule has 0 spiro atoms. The van der Waals surface area contributed by atoms with Crippen LogP contribution in [0.2, 0.25) is 0 Å². The Labute approximate surface area is 131 Å². The Hall–Kier alpha value is -0.730. The van der Waals surface area contributed by atoms with Gasteiger partial charge in [-0.1, -0.05) is 32.6 Å². The molecule has 0 radical (unpaired) electrons. The normalized spacial score (nSPS) is 32.0. The van der Waals surface area contributed by atoms with Crippen LogP contribution in [-0.2, 0) is 19.0 Å². The largest absolute Gasteiger partial charge is 0.454 e. The fourth-order valence-corrected chi connectivity index (χ4v) is 2.43. The number of hydrogen-bond donors (Lipinski definition) is 3. The van der Waals surface area contributed by atoms with E-state index in [0.29, 0.717) is 6.42 Å².